The third kappa shape index (κ3) is 2.58. The van der Waals surface area contributed by atoms with Crippen molar-refractivity contribution >= 4 is 0 Å². The van der Waals surface area contributed by atoms with E-state index in [1.807, 2.05) is 7.11 Å². The number of methoxy groups -OCH3 is 1. The Morgan fingerprint density at radius 2 is 1.69 bits per heavy atom. The Kier molecular flexibility index (Phi) is 3.88. The molecule has 1 aliphatic heterocycles. The summed E-state index contributed by atoms with van der Waals surface area (Å²) in [6, 6.07) is 0.440. The molecule has 3 heteroatoms. The average molecular weight is 226 g/mol. The Hall–Kier alpha value is -0.120. The second-order valence-corrected chi connectivity index (χ2v) is 5.76. The third-order valence-corrected chi connectivity index (χ3v) is 4.65. The molecule has 1 aliphatic carbocycles. The van der Waals surface area contributed by atoms with Crippen molar-refractivity contribution in [1.82, 2.24) is 4.90 Å². The molecule has 0 spiro atoms. The number of hydrogen-bond acceptors (Lipinski definition) is 3. The van der Waals surface area contributed by atoms with E-state index in [1.165, 1.54) is 51.6 Å². The molecule has 3 nitrogen and oxygen atoms in total. The number of rotatable bonds is 2. The van der Waals surface area contributed by atoms with Gasteiger partial charge in [0.2, 0.25) is 0 Å². The molecule has 0 radical (unpaired) electrons. The summed E-state index contributed by atoms with van der Waals surface area (Å²) in [5.41, 5.74) is 6.38. The summed E-state index contributed by atoms with van der Waals surface area (Å²) in [5, 5.41) is 0. The first-order chi connectivity index (χ1) is 7.64. The summed E-state index contributed by atoms with van der Waals surface area (Å²) in [4.78, 5) is 2.67. The molecule has 2 rings (SSSR count). The van der Waals surface area contributed by atoms with Crippen LogP contribution >= 0.6 is 0 Å². The zero-order valence-electron chi connectivity index (χ0n) is 10.7. The first-order valence-corrected chi connectivity index (χ1v) is 6.67. The number of nitrogens with two attached hydrogens (primary N) is 1. The molecule has 0 unspecified atom stereocenters. The van der Waals surface area contributed by atoms with Crippen LogP contribution in [0.5, 0.6) is 0 Å². The van der Waals surface area contributed by atoms with Crippen molar-refractivity contribution < 1.29 is 4.74 Å². The minimum Gasteiger partial charge on any atom is -0.381 e. The van der Waals surface area contributed by atoms with Gasteiger partial charge in [-0.2, -0.15) is 0 Å². The van der Waals surface area contributed by atoms with E-state index in [0.29, 0.717) is 17.7 Å². The van der Waals surface area contributed by atoms with Gasteiger partial charge in [-0.25, -0.2) is 0 Å². The standard InChI is InChI=1S/C13H26N2O/c1-13(7-3-12(16-2)4-8-13)15-9-5-11(14)6-10-15/h11-12H,3-10,14H2,1-2H3. The fourth-order valence-electron chi connectivity index (χ4n) is 3.20. The maximum absolute atomic E-state index is 5.97. The van der Waals surface area contributed by atoms with Crippen LogP contribution in [0.4, 0.5) is 0 Å². The number of piperidine rings is 1. The van der Waals surface area contributed by atoms with E-state index in [4.69, 9.17) is 10.5 Å². The Bertz CT molecular complexity index is 216. The fourth-order valence-corrected chi connectivity index (χ4v) is 3.20. The lowest BCUT2D eigenvalue weighted by atomic mass is 9.79. The third-order valence-electron chi connectivity index (χ3n) is 4.65. The smallest absolute Gasteiger partial charge is 0.0572 e. The van der Waals surface area contributed by atoms with E-state index in [-0.39, 0.29) is 0 Å². The number of nitrogens with zero attached hydrogens (tertiary/aromatic N) is 1. The lowest BCUT2D eigenvalue weighted by molar-refractivity contribution is -0.0112. The molecule has 0 atom stereocenters. The number of likely N-dealkylation sites (tertiary alicyclic amines) is 1. The van der Waals surface area contributed by atoms with Crippen molar-refractivity contribution in [2.24, 2.45) is 5.73 Å². The molecule has 0 amide bonds. The van der Waals surface area contributed by atoms with Crippen molar-refractivity contribution in [3.63, 3.8) is 0 Å². The predicted octanol–water partition coefficient (Wildman–Crippen LogP) is 1.76. The number of hydrogen-bond donors (Lipinski definition) is 1. The quantitative estimate of drug-likeness (QED) is 0.779. The topological polar surface area (TPSA) is 38.5 Å². The van der Waals surface area contributed by atoms with Crippen molar-refractivity contribution in [1.29, 1.82) is 0 Å². The fraction of sp³-hybridized carbons (Fsp3) is 1.00. The van der Waals surface area contributed by atoms with Gasteiger partial charge in [-0.1, -0.05) is 0 Å². The van der Waals surface area contributed by atoms with Crippen LogP contribution in [0.3, 0.4) is 0 Å². The zero-order chi connectivity index (χ0) is 11.6. The zero-order valence-corrected chi connectivity index (χ0v) is 10.7. The summed E-state index contributed by atoms with van der Waals surface area (Å²) >= 11 is 0. The van der Waals surface area contributed by atoms with Gasteiger partial charge >= 0.3 is 0 Å². The van der Waals surface area contributed by atoms with Gasteiger partial charge < -0.3 is 10.5 Å². The maximum Gasteiger partial charge on any atom is 0.0572 e. The van der Waals surface area contributed by atoms with Crippen molar-refractivity contribution in [3.8, 4) is 0 Å². The van der Waals surface area contributed by atoms with Gasteiger partial charge in [0.25, 0.3) is 0 Å². The molecule has 0 aromatic carbocycles. The predicted molar refractivity (Wildman–Crippen MR) is 66.5 cm³/mol. The van der Waals surface area contributed by atoms with Crippen LogP contribution in [0, 0.1) is 0 Å². The Labute approximate surface area is 99.3 Å². The highest BCUT2D eigenvalue weighted by Gasteiger charge is 2.37. The summed E-state index contributed by atoms with van der Waals surface area (Å²) < 4.78 is 5.45. The maximum atomic E-state index is 5.97. The molecule has 0 aromatic rings. The normalized spacial score (nSPS) is 38.8. The largest absolute Gasteiger partial charge is 0.381 e. The molecule has 0 bridgehead atoms. The van der Waals surface area contributed by atoms with Gasteiger partial charge in [-0.3, -0.25) is 4.90 Å². The van der Waals surface area contributed by atoms with Crippen LogP contribution in [0.2, 0.25) is 0 Å². The molecular weight excluding hydrogens is 200 g/mol. The van der Waals surface area contributed by atoms with Gasteiger partial charge in [0.1, 0.15) is 0 Å². The molecule has 1 saturated carbocycles. The van der Waals surface area contributed by atoms with Crippen LogP contribution in [-0.4, -0.2) is 42.8 Å². The highest BCUT2D eigenvalue weighted by molar-refractivity contribution is 4.93. The monoisotopic (exact) mass is 226 g/mol. The van der Waals surface area contributed by atoms with Gasteiger partial charge in [-0.15, -0.1) is 0 Å². The average Bonchev–Trinajstić information content (AvgIpc) is 2.31. The summed E-state index contributed by atoms with van der Waals surface area (Å²) in [5.74, 6) is 0. The van der Waals surface area contributed by atoms with E-state index in [9.17, 15) is 0 Å². The van der Waals surface area contributed by atoms with E-state index in [0.717, 1.165) is 0 Å². The lowest BCUT2D eigenvalue weighted by Gasteiger charge is -2.48. The molecule has 1 saturated heterocycles. The van der Waals surface area contributed by atoms with Gasteiger partial charge in [-0.05, 0) is 45.4 Å². The Morgan fingerprint density at radius 1 is 1.12 bits per heavy atom. The van der Waals surface area contributed by atoms with Gasteiger partial charge in [0, 0.05) is 31.8 Å². The summed E-state index contributed by atoms with van der Waals surface area (Å²) in [7, 11) is 1.84. The van der Waals surface area contributed by atoms with Crippen molar-refractivity contribution in [2.75, 3.05) is 20.2 Å². The molecule has 0 aromatic heterocycles. The van der Waals surface area contributed by atoms with Gasteiger partial charge in [0.05, 0.1) is 6.10 Å². The highest BCUT2D eigenvalue weighted by Crippen LogP contribution is 2.35. The van der Waals surface area contributed by atoms with Crippen molar-refractivity contribution in [3.05, 3.63) is 0 Å². The lowest BCUT2D eigenvalue weighted by Crippen LogP contribution is -2.54. The Balaban J connectivity index is 1.88. The molecular formula is C13H26N2O. The van der Waals surface area contributed by atoms with E-state index < -0.39 is 0 Å². The molecule has 2 fully saturated rings. The summed E-state index contributed by atoms with van der Waals surface area (Å²) in [6.45, 7) is 4.81. The van der Waals surface area contributed by atoms with Crippen LogP contribution < -0.4 is 5.73 Å². The van der Waals surface area contributed by atoms with E-state index in [2.05, 4.69) is 11.8 Å². The van der Waals surface area contributed by atoms with Crippen LogP contribution in [0.15, 0.2) is 0 Å². The second-order valence-electron chi connectivity index (χ2n) is 5.76. The molecule has 2 aliphatic rings. The van der Waals surface area contributed by atoms with Crippen LogP contribution in [0.25, 0.3) is 0 Å². The van der Waals surface area contributed by atoms with E-state index in [1.54, 1.807) is 0 Å². The van der Waals surface area contributed by atoms with Crippen LogP contribution in [0.1, 0.15) is 45.4 Å². The van der Waals surface area contributed by atoms with Gasteiger partial charge in [0.15, 0.2) is 0 Å². The summed E-state index contributed by atoms with van der Waals surface area (Å²) in [6.07, 6.45) is 7.83. The highest BCUT2D eigenvalue weighted by atomic mass is 16.5. The Morgan fingerprint density at radius 3 is 2.19 bits per heavy atom. The first-order valence-electron chi connectivity index (χ1n) is 6.67. The minimum absolute atomic E-state index is 0.412. The minimum atomic E-state index is 0.412. The molecule has 1 heterocycles. The second kappa shape index (κ2) is 5.03. The molecule has 94 valence electrons. The molecule has 16 heavy (non-hydrogen) atoms. The van der Waals surface area contributed by atoms with E-state index >= 15 is 0 Å². The number of ether oxygens (including phenoxy) is 1. The van der Waals surface area contributed by atoms with Crippen molar-refractivity contribution in [2.45, 2.75) is 63.1 Å². The van der Waals surface area contributed by atoms with Crippen LogP contribution in [-0.2, 0) is 4.74 Å². The molecule has 2 N–H and O–H groups in total. The SMILES string of the molecule is COC1CCC(C)(N2CCC(N)CC2)CC1. The first kappa shape index (κ1) is 12.3.